The molecule has 1 fully saturated rings. The molecule has 16 heavy (non-hydrogen) atoms. The zero-order chi connectivity index (χ0) is 11.4. The van der Waals surface area contributed by atoms with Gasteiger partial charge in [0, 0.05) is 0 Å². The molecule has 1 N–H and O–H groups in total. The number of rotatable bonds is 3. The van der Waals surface area contributed by atoms with Gasteiger partial charge in [0.2, 0.25) is 0 Å². The summed E-state index contributed by atoms with van der Waals surface area (Å²) in [6, 6.07) is 8.18. The van der Waals surface area contributed by atoms with Crippen molar-refractivity contribution in [1.29, 1.82) is 0 Å². The van der Waals surface area contributed by atoms with Crippen LogP contribution in [-0.2, 0) is 6.42 Å². The summed E-state index contributed by atoms with van der Waals surface area (Å²) in [6.07, 6.45) is 5.47. The van der Waals surface area contributed by atoms with Gasteiger partial charge in [0.15, 0.2) is 0 Å². The van der Waals surface area contributed by atoms with Crippen LogP contribution in [-0.4, -0.2) is 18.3 Å². The average Bonchev–Trinajstić information content (AvgIpc) is 2.33. The summed E-state index contributed by atoms with van der Waals surface area (Å²) >= 11 is 0. The van der Waals surface area contributed by atoms with E-state index in [1.165, 1.54) is 18.4 Å². The first-order valence-corrected chi connectivity index (χ1v) is 6.10. The first kappa shape index (κ1) is 11.5. The third-order valence-corrected chi connectivity index (χ3v) is 3.53. The van der Waals surface area contributed by atoms with Crippen molar-refractivity contribution in [3.05, 3.63) is 29.8 Å². The normalized spacial score (nSPS) is 25.4. The van der Waals surface area contributed by atoms with E-state index in [0.717, 1.165) is 25.0 Å². The Morgan fingerprint density at radius 1 is 1.19 bits per heavy atom. The van der Waals surface area contributed by atoms with Crippen molar-refractivity contribution in [2.45, 2.75) is 38.2 Å². The molecule has 1 aliphatic rings. The van der Waals surface area contributed by atoms with Crippen molar-refractivity contribution in [1.82, 2.24) is 0 Å². The molecule has 0 aromatic heterocycles. The fourth-order valence-electron chi connectivity index (χ4n) is 2.49. The molecule has 1 aromatic carbocycles. The van der Waals surface area contributed by atoms with E-state index in [-0.39, 0.29) is 6.10 Å². The Hall–Kier alpha value is -1.02. The summed E-state index contributed by atoms with van der Waals surface area (Å²) in [5, 5.41) is 9.91. The highest BCUT2D eigenvalue weighted by Crippen LogP contribution is 2.27. The monoisotopic (exact) mass is 220 g/mol. The van der Waals surface area contributed by atoms with Gasteiger partial charge in [0.25, 0.3) is 0 Å². The fraction of sp³-hybridized carbons (Fsp3) is 0.571. The van der Waals surface area contributed by atoms with Gasteiger partial charge in [0.05, 0.1) is 13.2 Å². The molecule has 1 saturated carbocycles. The summed E-state index contributed by atoms with van der Waals surface area (Å²) in [6.45, 7) is 0. The molecule has 1 aliphatic carbocycles. The summed E-state index contributed by atoms with van der Waals surface area (Å²) in [5.41, 5.74) is 1.30. The van der Waals surface area contributed by atoms with Crippen molar-refractivity contribution in [2.24, 2.45) is 5.92 Å². The van der Waals surface area contributed by atoms with Gasteiger partial charge in [0.1, 0.15) is 5.75 Å². The number of aliphatic hydroxyl groups is 1. The molecule has 0 spiro atoms. The van der Waals surface area contributed by atoms with Crippen LogP contribution in [0.5, 0.6) is 5.75 Å². The molecule has 0 bridgehead atoms. The maximum Gasteiger partial charge on any atom is 0.118 e. The Morgan fingerprint density at radius 2 is 1.88 bits per heavy atom. The largest absolute Gasteiger partial charge is 0.497 e. The van der Waals surface area contributed by atoms with Gasteiger partial charge in [-0.25, -0.2) is 0 Å². The zero-order valence-corrected chi connectivity index (χ0v) is 9.86. The molecule has 88 valence electrons. The van der Waals surface area contributed by atoms with Gasteiger partial charge in [-0.3, -0.25) is 0 Å². The topological polar surface area (TPSA) is 29.5 Å². The maximum absolute atomic E-state index is 9.91. The first-order chi connectivity index (χ1) is 7.79. The van der Waals surface area contributed by atoms with Crippen molar-refractivity contribution in [2.75, 3.05) is 7.11 Å². The van der Waals surface area contributed by atoms with Gasteiger partial charge in [-0.05, 0) is 42.9 Å². The van der Waals surface area contributed by atoms with Crippen molar-refractivity contribution < 1.29 is 9.84 Å². The summed E-state index contributed by atoms with van der Waals surface area (Å²) in [4.78, 5) is 0. The number of hydrogen-bond donors (Lipinski definition) is 1. The number of benzene rings is 1. The van der Waals surface area contributed by atoms with Gasteiger partial charge >= 0.3 is 0 Å². The molecule has 0 aliphatic heterocycles. The van der Waals surface area contributed by atoms with Crippen LogP contribution >= 0.6 is 0 Å². The Kier molecular flexibility index (Phi) is 3.83. The Labute approximate surface area is 97.3 Å². The van der Waals surface area contributed by atoms with E-state index in [1.54, 1.807) is 7.11 Å². The third-order valence-electron chi connectivity index (χ3n) is 3.53. The Bertz CT molecular complexity index is 318. The first-order valence-electron chi connectivity index (χ1n) is 6.10. The number of aliphatic hydroxyl groups excluding tert-OH is 1. The molecule has 0 radical (unpaired) electrons. The third kappa shape index (κ3) is 2.76. The van der Waals surface area contributed by atoms with E-state index in [4.69, 9.17) is 4.74 Å². The molecule has 0 unspecified atom stereocenters. The van der Waals surface area contributed by atoms with Crippen LogP contribution in [0.25, 0.3) is 0 Å². The molecule has 2 atom stereocenters. The fourth-order valence-corrected chi connectivity index (χ4v) is 2.49. The van der Waals surface area contributed by atoms with E-state index in [9.17, 15) is 5.11 Å². The smallest absolute Gasteiger partial charge is 0.118 e. The Morgan fingerprint density at radius 3 is 2.50 bits per heavy atom. The number of hydrogen-bond acceptors (Lipinski definition) is 2. The predicted molar refractivity (Wildman–Crippen MR) is 64.7 cm³/mol. The van der Waals surface area contributed by atoms with Gasteiger partial charge in [-0.1, -0.05) is 25.0 Å². The van der Waals surface area contributed by atoms with Crippen molar-refractivity contribution in [3.63, 3.8) is 0 Å². The van der Waals surface area contributed by atoms with E-state index in [0.29, 0.717) is 5.92 Å². The van der Waals surface area contributed by atoms with Gasteiger partial charge in [-0.15, -0.1) is 0 Å². The molecule has 0 saturated heterocycles. The molecular formula is C14H20O2. The average molecular weight is 220 g/mol. The van der Waals surface area contributed by atoms with Crippen LogP contribution in [0.3, 0.4) is 0 Å². The lowest BCUT2D eigenvalue weighted by Gasteiger charge is -2.27. The second-order valence-electron chi connectivity index (χ2n) is 4.66. The number of ether oxygens (including phenoxy) is 1. The Balaban J connectivity index is 1.96. The minimum atomic E-state index is -0.101. The standard InChI is InChI=1S/C14H20O2/c1-16-13-8-6-11(7-9-13)10-12-4-2-3-5-14(12)15/h6-9,12,14-15H,2-5,10H2,1H3/t12-,14-/m0/s1. The SMILES string of the molecule is COc1ccc(C[C@@H]2CCCC[C@@H]2O)cc1. The lowest BCUT2D eigenvalue weighted by atomic mass is 9.82. The minimum Gasteiger partial charge on any atom is -0.497 e. The maximum atomic E-state index is 9.91. The lowest BCUT2D eigenvalue weighted by molar-refractivity contribution is 0.0700. The van der Waals surface area contributed by atoms with E-state index >= 15 is 0 Å². The van der Waals surface area contributed by atoms with Gasteiger partial charge < -0.3 is 9.84 Å². The van der Waals surface area contributed by atoms with Crippen LogP contribution in [0.1, 0.15) is 31.2 Å². The summed E-state index contributed by atoms with van der Waals surface area (Å²) in [7, 11) is 1.68. The highest BCUT2D eigenvalue weighted by Gasteiger charge is 2.22. The van der Waals surface area contributed by atoms with Crippen LogP contribution in [0, 0.1) is 5.92 Å². The molecule has 0 amide bonds. The molecular weight excluding hydrogens is 200 g/mol. The van der Waals surface area contributed by atoms with Crippen LogP contribution in [0.2, 0.25) is 0 Å². The highest BCUT2D eigenvalue weighted by molar-refractivity contribution is 5.27. The van der Waals surface area contributed by atoms with Crippen LogP contribution in [0.15, 0.2) is 24.3 Å². The highest BCUT2D eigenvalue weighted by atomic mass is 16.5. The molecule has 2 nitrogen and oxygen atoms in total. The molecule has 0 heterocycles. The molecule has 2 rings (SSSR count). The summed E-state index contributed by atoms with van der Waals surface area (Å²) in [5.74, 6) is 1.34. The van der Waals surface area contributed by atoms with Crippen LogP contribution < -0.4 is 4.74 Å². The summed E-state index contributed by atoms with van der Waals surface area (Å²) < 4.78 is 5.13. The second kappa shape index (κ2) is 5.35. The van der Waals surface area contributed by atoms with Gasteiger partial charge in [-0.2, -0.15) is 0 Å². The lowest BCUT2D eigenvalue weighted by Crippen LogP contribution is -2.26. The zero-order valence-electron chi connectivity index (χ0n) is 9.86. The predicted octanol–water partition coefficient (Wildman–Crippen LogP) is 2.79. The van der Waals surface area contributed by atoms with Crippen molar-refractivity contribution in [3.8, 4) is 5.75 Å². The number of methoxy groups -OCH3 is 1. The molecule has 2 heteroatoms. The minimum absolute atomic E-state index is 0.101. The van der Waals surface area contributed by atoms with E-state index in [1.807, 2.05) is 12.1 Å². The van der Waals surface area contributed by atoms with E-state index < -0.39 is 0 Å². The van der Waals surface area contributed by atoms with Crippen molar-refractivity contribution >= 4 is 0 Å². The van der Waals surface area contributed by atoms with E-state index in [2.05, 4.69) is 12.1 Å². The van der Waals surface area contributed by atoms with Crippen LogP contribution in [0.4, 0.5) is 0 Å². The quantitative estimate of drug-likeness (QED) is 0.848. The second-order valence-corrected chi connectivity index (χ2v) is 4.66. The molecule has 1 aromatic rings.